The zero-order chi connectivity index (χ0) is 21.2. The van der Waals surface area contributed by atoms with Crippen molar-refractivity contribution in [2.45, 2.75) is 13.5 Å². The Morgan fingerprint density at radius 1 is 0.931 bits per heavy atom. The highest BCUT2D eigenvalue weighted by Gasteiger charge is 2.14. The molecule has 0 saturated heterocycles. The minimum absolute atomic E-state index is 0.141. The zero-order valence-electron chi connectivity index (χ0n) is 17.0. The van der Waals surface area contributed by atoms with E-state index in [0.29, 0.717) is 23.8 Å². The van der Waals surface area contributed by atoms with Gasteiger partial charge in [-0.2, -0.15) is 0 Å². The Labute approximate surface area is 175 Å². The maximum absolute atomic E-state index is 12.1. The van der Waals surface area contributed by atoms with E-state index >= 15 is 0 Å². The summed E-state index contributed by atoms with van der Waals surface area (Å²) < 4.78 is 15.9. The first-order valence-electron chi connectivity index (χ1n) is 8.96. The number of nitrogens with one attached hydrogen (secondary N) is 2. The van der Waals surface area contributed by atoms with Crippen LogP contribution in [-0.2, 0) is 16.1 Å². The van der Waals surface area contributed by atoms with Gasteiger partial charge in [-0.15, -0.1) is 11.8 Å². The summed E-state index contributed by atoms with van der Waals surface area (Å²) >= 11 is 1.26. The summed E-state index contributed by atoms with van der Waals surface area (Å²) in [5, 5.41) is 5.65. The molecular formula is C21H26N2O5S. The van der Waals surface area contributed by atoms with Gasteiger partial charge in [-0.3, -0.25) is 9.59 Å². The van der Waals surface area contributed by atoms with Crippen molar-refractivity contribution in [3.63, 3.8) is 0 Å². The Morgan fingerprint density at radius 2 is 1.59 bits per heavy atom. The van der Waals surface area contributed by atoms with Gasteiger partial charge in [0.1, 0.15) is 0 Å². The average Bonchev–Trinajstić information content (AvgIpc) is 2.71. The number of methoxy groups -OCH3 is 3. The monoisotopic (exact) mass is 418 g/mol. The molecule has 0 spiro atoms. The van der Waals surface area contributed by atoms with Crippen molar-refractivity contribution in [3.05, 3.63) is 47.5 Å². The molecule has 0 aliphatic heterocycles. The quantitative estimate of drug-likeness (QED) is 0.617. The predicted molar refractivity (Wildman–Crippen MR) is 115 cm³/mol. The molecule has 0 radical (unpaired) electrons. The molecule has 0 saturated carbocycles. The molecule has 2 aromatic rings. The molecule has 0 aromatic heterocycles. The van der Waals surface area contributed by atoms with Crippen molar-refractivity contribution >= 4 is 29.3 Å². The summed E-state index contributed by atoms with van der Waals surface area (Å²) in [4.78, 5) is 24.1. The lowest BCUT2D eigenvalue weighted by Gasteiger charge is -2.14. The van der Waals surface area contributed by atoms with Gasteiger partial charge in [0, 0.05) is 12.2 Å². The van der Waals surface area contributed by atoms with Crippen LogP contribution in [0.25, 0.3) is 0 Å². The van der Waals surface area contributed by atoms with E-state index in [1.165, 1.54) is 33.1 Å². The Bertz CT molecular complexity index is 832. The molecule has 2 rings (SSSR count). The second kappa shape index (κ2) is 11.2. The van der Waals surface area contributed by atoms with Crippen LogP contribution < -0.4 is 24.8 Å². The van der Waals surface area contributed by atoms with Crippen LogP contribution in [0.5, 0.6) is 17.2 Å². The third-order valence-electron chi connectivity index (χ3n) is 3.98. The van der Waals surface area contributed by atoms with E-state index in [1.807, 2.05) is 31.2 Å². The lowest BCUT2D eigenvalue weighted by molar-refractivity contribution is -0.118. The van der Waals surface area contributed by atoms with Crippen LogP contribution in [-0.4, -0.2) is 44.6 Å². The number of amides is 2. The van der Waals surface area contributed by atoms with E-state index in [2.05, 4.69) is 10.6 Å². The van der Waals surface area contributed by atoms with Gasteiger partial charge < -0.3 is 24.8 Å². The first-order chi connectivity index (χ1) is 14.0. The van der Waals surface area contributed by atoms with Crippen LogP contribution in [0.1, 0.15) is 11.1 Å². The van der Waals surface area contributed by atoms with E-state index in [4.69, 9.17) is 14.2 Å². The first-order valence-corrected chi connectivity index (χ1v) is 10.1. The maximum Gasteiger partial charge on any atom is 0.234 e. The largest absolute Gasteiger partial charge is 0.493 e. The number of benzene rings is 2. The predicted octanol–water partition coefficient (Wildman–Crippen LogP) is 3.01. The minimum Gasteiger partial charge on any atom is -0.493 e. The second-order valence-corrected chi connectivity index (χ2v) is 7.21. The van der Waals surface area contributed by atoms with Crippen molar-refractivity contribution < 1.29 is 23.8 Å². The van der Waals surface area contributed by atoms with Crippen LogP contribution in [0, 0.1) is 6.92 Å². The number of carbonyl (C=O) groups excluding carboxylic acids is 2. The number of hydrogen-bond donors (Lipinski definition) is 2. The Balaban J connectivity index is 1.79. The molecular weight excluding hydrogens is 392 g/mol. The molecule has 29 heavy (non-hydrogen) atoms. The summed E-state index contributed by atoms with van der Waals surface area (Å²) in [7, 11) is 4.62. The van der Waals surface area contributed by atoms with E-state index in [0.717, 1.165) is 16.8 Å². The summed E-state index contributed by atoms with van der Waals surface area (Å²) in [5.41, 5.74) is 2.64. The third-order valence-corrected chi connectivity index (χ3v) is 4.91. The van der Waals surface area contributed by atoms with Crippen LogP contribution >= 0.6 is 11.8 Å². The highest BCUT2D eigenvalue weighted by Crippen LogP contribution is 2.38. The first kappa shape index (κ1) is 22.4. The Kier molecular flexibility index (Phi) is 8.67. The smallest absolute Gasteiger partial charge is 0.234 e. The molecule has 0 bridgehead atoms. The molecule has 8 heteroatoms. The minimum atomic E-state index is -0.160. The van der Waals surface area contributed by atoms with Gasteiger partial charge in [-0.1, -0.05) is 12.1 Å². The summed E-state index contributed by atoms with van der Waals surface area (Å²) in [6.45, 7) is 2.27. The number of carbonyl (C=O) groups is 2. The van der Waals surface area contributed by atoms with Gasteiger partial charge >= 0.3 is 0 Å². The number of thioether (sulfide) groups is 1. The highest BCUT2D eigenvalue weighted by molar-refractivity contribution is 8.00. The fraction of sp³-hybridized carbons (Fsp3) is 0.333. The molecule has 0 atom stereocenters. The molecule has 0 aliphatic rings. The fourth-order valence-corrected chi connectivity index (χ4v) is 3.29. The van der Waals surface area contributed by atoms with Gasteiger partial charge in [-0.05, 0) is 42.3 Å². The highest BCUT2D eigenvalue weighted by atomic mass is 32.2. The Morgan fingerprint density at radius 3 is 2.17 bits per heavy atom. The lowest BCUT2D eigenvalue weighted by atomic mass is 10.2. The van der Waals surface area contributed by atoms with E-state index < -0.39 is 0 Å². The number of hydrogen-bond acceptors (Lipinski definition) is 6. The molecule has 2 aromatic carbocycles. The molecule has 0 aliphatic carbocycles. The van der Waals surface area contributed by atoms with Gasteiger partial charge in [0.15, 0.2) is 11.5 Å². The zero-order valence-corrected chi connectivity index (χ0v) is 17.9. The molecule has 7 nitrogen and oxygen atoms in total. The van der Waals surface area contributed by atoms with Crippen molar-refractivity contribution in [1.29, 1.82) is 0 Å². The van der Waals surface area contributed by atoms with Crippen LogP contribution in [0.15, 0.2) is 36.4 Å². The Hall–Kier alpha value is -2.87. The van der Waals surface area contributed by atoms with E-state index in [-0.39, 0.29) is 23.3 Å². The summed E-state index contributed by atoms with van der Waals surface area (Å²) in [6.07, 6.45) is 0. The molecule has 2 N–H and O–H groups in total. The molecule has 2 amide bonds. The van der Waals surface area contributed by atoms with E-state index in [1.54, 1.807) is 12.1 Å². The van der Waals surface area contributed by atoms with Gasteiger partial charge in [-0.25, -0.2) is 0 Å². The second-order valence-electron chi connectivity index (χ2n) is 6.22. The topological polar surface area (TPSA) is 85.9 Å². The van der Waals surface area contributed by atoms with Crippen molar-refractivity contribution in [2.75, 3.05) is 38.2 Å². The van der Waals surface area contributed by atoms with Crippen LogP contribution in [0.2, 0.25) is 0 Å². The van der Waals surface area contributed by atoms with Crippen molar-refractivity contribution in [1.82, 2.24) is 5.32 Å². The fourth-order valence-electron chi connectivity index (χ4n) is 2.65. The SMILES string of the molecule is COc1cc(CNC(=O)CSCC(=O)Nc2cccc(C)c2)cc(OC)c1OC. The van der Waals surface area contributed by atoms with Gasteiger partial charge in [0.05, 0.1) is 32.8 Å². The molecule has 156 valence electrons. The molecule has 0 heterocycles. The van der Waals surface area contributed by atoms with Crippen LogP contribution in [0.3, 0.4) is 0 Å². The lowest BCUT2D eigenvalue weighted by Crippen LogP contribution is -2.25. The maximum atomic E-state index is 12.1. The van der Waals surface area contributed by atoms with E-state index in [9.17, 15) is 9.59 Å². The van der Waals surface area contributed by atoms with Crippen molar-refractivity contribution in [2.24, 2.45) is 0 Å². The molecule has 0 unspecified atom stereocenters. The normalized spacial score (nSPS) is 10.2. The van der Waals surface area contributed by atoms with Gasteiger partial charge in [0.25, 0.3) is 0 Å². The van der Waals surface area contributed by atoms with Crippen LogP contribution in [0.4, 0.5) is 5.69 Å². The standard InChI is InChI=1S/C21H26N2O5S/c1-14-6-5-7-16(8-14)23-20(25)13-29-12-19(24)22-11-15-9-17(26-2)21(28-4)18(10-15)27-3/h5-10H,11-13H2,1-4H3,(H,22,24)(H,23,25). The number of ether oxygens (including phenoxy) is 3. The number of rotatable bonds is 10. The number of anilines is 1. The molecule has 0 fully saturated rings. The van der Waals surface area contributed by atoms with Crippen molar-refractivity contribution in [3.8, 4) is 17.2 Å². The summed E-state index contributed by atoms with van der Waals surface area (Å²) in [6, 6.07) is 11.1. The average molecular weight is 419 g/mol. The number of aryl methyl sites for hydroxylation is 1. The van der Waals surface area contributed by atoms with Gasteiger partial charge in [0.2, 0.25) is 17.6 Å². The summed E-state index contributed by atoms with van der Waals surface area (Å²) in [5.74, 6) is 1.64. The third kappa shape index (κ3) is 6.90.